The predicted octanol–water partition coefficient (Wildman–Crippen LogP) is 2.80. The molecular weight excluding hydrogens is 348 g/mol. The fraction of sp³-hybridized carbons (Fsp3) is 0.588. The molecule has 0 radical (unpaired) electrons. The van der Waals surface area contributed by atoms with Crippen LogP contribution < -0.4 is 5.32 Å². The van der Waals surface area contributed by atoms with E-state index in [0.29, 0.717) is 23.6 Å². The molecule has 1 aliphatic heterocycles. The van der Waals surface area contributed by atoms with Crippen LogP contribution in [0.1, 0.15) is 38.7 Å². The van der Waals surface area contributed by atoms with E-state index in [9.17, 15) is 13.2 Å². The van der Waals surface area contributed by atoms with Gasteiger partial charge in [0.2, 0.25) is 15.9 Å². The van der Waals surface area contributed by atoms with Gasteiger partial charge in [0.1, 0.15) is 0 Å². The molecule has 1 aromatic carbocycles. The maximum absolute atomic E-state index is 12.6. The van der Waals surface area contributed by atoms with Crippen molar-refractivity contribution in [3.63, 3.8) is 0 Å². The predicted molar refractivity (Wildman–Crippen MR) is 96.3 cm³/mol. The molecule has 1 heterocycles. The van der Waals surface area contributed by atoms with Gasteiger partial charge in [-0.3, -0.25) is 4.79 Å². The lowest BCUT2D eigenvalue weighted by Crippen LogP contribution is -2.47. The van der Waals surface area contributed by atoms with Crippen LogP contribution in [0.3, 0.4) is 0 Å². The molecule has 0 saturated carbocycles. The number of sulfonamides is 1. The van der Waals surface area contributed by atoms with Crippen LogP contribution in [0.25, 0.3) is 0 Å². The van der Waals surface area contributed by atoms with Crippen LogP contribution in [0.5, 0.6) is 0 Å². The minimum absolute atomic E-state index is 0.0456. The van der Waals surface area contributed by atoms with Crippen molar-refractivity contribution in [1.82, 2.24) is 9.62 Å². The second-order valence-corrected chi connectivity index (χ2v) is 8.80. The minimum atomic E-state index is -3.44. The third-order valence-electron chi connectivity index (χ3n) is 4.41. The van der Waals surface area contributed by atoms with Gasteiger partial charge in [-0.05, 0) is 43.9 Å². The molecule has 2 rings (SSSR count). The number of hydrogen-bond acceptors (Lipinski definition) is 3. The van der Waals surface area contributed by atoms with Crippen LogP contribution in [0, 0.1) is 5.92 Å². The van der Waals surface area contributed by atoms with E-state index in [1.165, 1.54) is 4.31 Å². The van der Waals surface area contributed by atoms with Gasteiger partial charge in [-0.1, -0.05) is 30.7 Å². The maximum Gasteiger partial charge on any atom is 0.224 e. The van der Waals surface area contributed by atoms with E-state index in [4.69, 9.17) is 11.6 Å². The summed E-state index contributed by atoms with van der Waals surface area (Å²) in [5.41, 5.74) is 0.700. The molecule has 0 unspecified atom stereocenters. The van der Waals surface area contributed by atoms with Crippen molar-refractivity contribution in [3.8, 4) is 0 Å². The van der Waals surface area contributed by atoms with Crippen LogP contribution in [0.2, 0.25) is 5.02 Å². The lowest BCUT2D eigenvalue weighted by molar-refractivity contribution is -0.126. The monoisotopic (exact) mass is 372 g/mol. The smallest absolute Gasteiger partial charge is 0.224 e. The molecule has 7 heteroatoms. The summed E-state index contributed by atoms with van der Waals surface area (Å²) in [4.78, 5) is 12.3. The van der Waals surface area contributed by atoms with E-state index in [1.807, 2.05) is 13.8 Å². The highest BCUT2D eigenvalue weighted by Crippen LogP contribution is 2.22. The van der Waals surface area contributed by atoms with Crippen LogP contribution in [-0.2, 0) is 20.6 Å². The third-order valence-corrected chi connectivity index (χ3v) is 6.48. The molecule has 0 spiro atoms. The Labute approximate surface area is 149 Å². The van der Waals surface area contributed by atoms with Crippen LogP contribution in [0.15, 0.2) is 24.3 Å². The van der Waals surface area contributed by atoms with Gasteiger partial charge < -0.3 is 5.32 Å². The van der Waals surface area contributed by atoms with Crippen LogP contribution in [0.4, 0.5) is 0 Å². The summed E-state index contributed by atoms with van der Waals surface area (Å²) in [6, 6.07) is 6.92. The quantitative estimate of drug-likeness (QED) is 0.834. The second-order valence-electron chi connectivity index (χ2n) is 6.40. The molecular formula is C17H25ClN2O3S. The normalized spacial score (nSPS) is 20.5. The lowest BCUT2D eigenvalue weighted by atomic mass is 9.98. The van der Waals surface area contributed by atoms with Crippen molar-refractivity contribution in [2.24, 2.45) is 5.92 Å². The Balaban J connectivity index is 2.02. The SMILES string of the molecule is CC[C@@H](C)NC(=O)[C@H]1CCCN(S(=O)(=O)Cc2ccc(Cl)cc2)C1. The van der Waals surface area contributed by atoms with Crippen LogP contribution in [-0.4, -0.2) is 37.8 Å². The van der Waals surface area contributed by atoms with Gasteiger partial charge in [0, 0.05) is 24.2 Å². The molecule has 1 amide bonds. The number of nitrogens with one attached hydrogen (secondary N) is 1. The first-order valence-corrected chi connectivity index (χ1v) is 10.3. The number of hydrogen-bond donors (Lipinski definition) is 1. The Hall–Kier alpha value is -1.11. The van der Waals surface area contributed by atoms with Gasteiger partial charge in [-0.15, -0.1) is 0 Å². The molecule has 5 nitrogen and oxygen atoms in total. The first-order chi connectivity index (χ1) is 11.3. The van der Waals surface area contributed by atoms with Gasteiger partial charge in [-0.2, -0.15) is 0 Å². The van der Waals surface area contributed by atoms with Crippen LogP contribution >= 0.6 is 11.6 Å². The summed E-state index contributed by atoms with van der Waals surface area (Å²) >= 11 is 5.83. The molecule has 24 heavy (non-hydrogen) atoms. The van der Waals surface area contributed by atoms with Crippen molar-refractivity contribution in [2.75, 3.05) is 13.1 Å². The van der Waals surface area contributed by atoms with E-state index < -0.39 is 10.0 Å². The number of nitrogens with zero attached hydrogens (tertiary/aromatic N) is 1. The number of benzene rings is 1. The standard InChI is InChI=1S/C17H25ClN2O3S/c1-3-13(2)19-17(21)15-5-4-10-20(11-15)24(22,23)12-14-6-8-16(18)9-7-14/h6-9,13,15H,3-5,10-12H2,1-2H3,(H,19,21)/t13-,15+/m1/s1. The molecule has 0 aliphatic carbocycles. The molecule has 0 bridgehead atoms. The number of halogens is 1. The number of piperidine rings is 1. The largest absolute Gasteiger partial charge is 0.353 e. The summed E-state index contributed by atoms with van der Waals surface area (Å²) in [6.45, 7) is 4.70. The third kappa shape index (κ3) is 5.19. The molecule has 1 N–H and O–H groups in total. The zero-order valence-electron chi connectivity index (χ0n) is 14.2. The maximum atomic E-state index is 12.6. The summed E-state index contributed by atoms with van der Waals surface area (Å²) < 4.78 is 26.7. The van der Waals surface area contributed by atoms with Gasteiger partial charge >= 0.3 is 0 Å². The molecule has 1 fully saturated rings. The highest BCUT2D eigenvalue weighted by molar-refractivity contribution is 7.88. The van der Waals surface area contributed by atoms with E-state index in [-0.39, 0.29) is 30.2 Å². The first kappa shape index (κ1) is 19.2. The summed E-state index contributed by atoms with van der Waals surface area (Å²) in [7, 11) is -3.44. The molecule has 1 aromatic rings. The zero-order valence-corrected chi connectivity index (χ0v) is 15.7. The Morgan fingerprint density at radius 2 is 2.04 bits per heavy atom. The molecule has 0 aromatic heterocycles. The van der Waals surface area contributed by atoms with Gasteiger partial charge in [-0.25, -0.2) is 12.7 Å². The number of carbonyl (C=O) groups is 1. The molecule has 134 valence electrons. The van der Waals surface area contributed by atoms with Gasteiger partial charge in [0.25, 0.3) is 0 Å². The number of amides is 1. The van der Waals surface area contributed by atoms with Gasteiger partial charge in [0.15, 0.2) is 0 Å². The fourth-order valence-electron chi connectivity index (χ4n) is 2.75. The Morgan fingerprint density at radius 3 is 2.67 bits per heavy atom. The molecule has 2 atom stereocenters. The summed E-state index contributed by atoms with van der Waals surface area (Å²) in [5, 5.41) is 3.53. The van der Waals surface area contributed by atoms with Gasteiger partial charge in [0.05, 0.1) is 11.7 Å². The average Bonchev–Trinajstić information content (AvgIpc) is 2.56. The summed E-state index contributed by atoms with van der Waals surface area (Å²) in [6.07, 6.45) is 2.30. The van der Waals surface area contributed by atoms with E-state index in [0.717, 1.165) is 12.8 Å². The van der Waals surface area contributed by atoms with Crippen molar-refractivity contribution < 1.29 is 13.2 Å². The topological polar surface area (TPSA) is 66.5 Å². The summed E-state index contributed by atoms with van der Waals surface area (Å²) in [5.74, 6) is -0.382. The zero-order chi connectivity index (χ0) is 17.7. The van der Waals surface area contributed by atoms with Crippen molar-refractivity contribution in [1.29, 1.82) is 0 Å². The fourth-order valence-corrected chi connectivity index (χ4v) is 4.49. The Morgan fingerprint density at radius 1 is 1.38 bits per heavy atom. The number of carbonyl (C=O) groups excluding carboxylic acids is 1. The number of rotatable bonds is 6. The Kier molecular flexibility index (Phi) is 6.66. The first-order valence-electron chi connectivity index (χ1n) is 8.34. The second kappa shape index (κ2) is 8.32. The Bertz CT molecular complexity index is 661. The minimum Gasteiger partial charge on any atom is -0.353 e. The average molecular weight is 373 g/mol. The molecule has 1 saturated heterocycles. The van der Waals surface area contributed by atoms with Crippen molar-refractivity contribution in [2.45, 2.75) is 44.9 Å². The highest BCUT2D eigenvalue weighted by Gasteiger charge is 2.32. The van der Waals surface area contributed by atoms with Crippen molar-refractivity contribution >= 4 is 27.5 Å². The molecule has 1 aliphatic rings. The van der Waals surface area contributed by atoms with Crippen molar-refractivity contribution in [3.05, 3.63) is 34.9 Å². The highest BCUT2D eigenvalue weighted by atomic mass is 35.5. The lowest BCUT2D eigenvalue weighted by Gasteiger charge is -2.31. The van der Waals surface area contributed by atoms with E-state index >= 15 is 0 Å². The van der Waals surface area contributed by atoms with E-state index in [2.05, 4.69) is 5.32 Å². The van der Waals surface area contributed by atoms with E-state index in [1.54, 1.807) is 24.3 Å².